The van der Waals surface area contributed by atoms with E-state index in [4.69, 9.17) is 14.7 Å². The third-order valence-electron chi connectivity index (χ3n) is 1.95. The lowest BCUT2D eigenvalue weighted by Gasteiger charge is -2.19. The Kier molecular flexibility index (Phi) is 2.36. The zero-order valence-corrected chi connectivity index (χ0v) is 7.69. The van der Waals surface area contributed by atoms with Gasteiger partial charge in [0.2, 0.25) is 6.08 Å². The van der Waals surface area contributed by atoms with Crippen molar-refractivity contribution in [3.8, 4) is 17.6 Å². The second-order valence-corrected chi connectivity index (χ2v) is 2.80. The lowest BCUT2D eigenvalue weighted by molar-refractivity contribution is 0.172. The van der Waals surface area contributed by atoms with Crippen LogP contribution in [0.3, 0.4) is 0 Å². The van der Waals surface area contributed by atoms with Gasteiger partial charge in [-0.05, 0) is 12.1 Å². The molecule has 0 amide bonds. The van der Waals surface area contributed by atoms with Crippen LogP contribution in [-0.4, -0.2) is 19.3 Å². The molecular formula is C10H6N2O3. The maximum absolute atomic E-state index is 10.2. The van der Waals surface area contributed by atoms with Gasteiger partial charge in [-0.1, -0.05) is 0 Å². The van der Waals surface area contributed by atoms with Gasteiger partial charge in [0, 0.05) is 0 Å². The molecule has 15 heavy (non-hydrogen) atoms. The fraction of sp³-hybridized carbons (Fsp3) is 0.200. The number of nitrogens with zero attached hydrogens (tertiary/aromatic N) is 2. The lowest BCUT2D eigenvalue weighted by Crippen LogP contribution is -2.16. The Morgan fingerprint density at radius 1 is 1.27 bits per heavy atom. The lowest BCUT2D eigenvalue weighted by atomic mass is 10.1. The largest absolute Gasteiger partial charge is 0.485 e. The molecule has 0 aliphatic carbocycles. The molecule has 0 saturated heterocycles. The number of hydrogen-bond acceptors (Lipinski definition) is 5. The second kappa shape index (κ2) is 3.82. The molecule has 1 aromatic rings. The Morgan fingerprint density at radius 2 is 2.00 bits per heavy atom. The van der Waals surface area contributed by atoms with E-state index in [1.165, 1.54) is 18.2 Å². The molecule has 1 heterocycles. The van der Waals surface area contributed by atoms with Gasteiger partial charge in [-0.25, -0.2) is 4.79 Å². The standard InChI is InChI=1S/C10H6N2O3/c11-5-7-1-2-8(12-6-13)10-9(7)14-3-4-15-10/h1-2H,3-4H2. The van der Waals surface area contributed by atoms with Crippen molar-refractivity contribution in [2.24, 2.45) is 4.99 Å². The molecule has 1 aromatic carbocycles. The monoisotopic (exact) mass is 202 g/mol. The molecule has 0 saturated carbocycles. The van der Waals surface area contributed by atoms with Gasteiger partial charge in [-0.3, -0.25) is 0 Å². The van der Waals surface area contributed by atoms with E-state index in [-0.39, 0.29) is 0 Å². The third-order valence-corrected chi connectivity index (χ3v) is 1.95. The molecule has 1 aliphatic rings. The first-order valence-corrected chi connectivity index (χ1v) is 4.27. The van der Waals surface area contributed by atoms with Crippen molar-refractivity contribution < 1.29 is 14.3 Å². The predicted molar refractivity (Wildman–Crippen MR) is 49.9 cm³/mol. The molecule has 0 radical (unpaired) electrons. The Labute approximate surface area is 85.6 Å². The molecule has 0 atom stereocenters. The summed E-state index contributed by atoms with van der Waals surface area (Å²) in [7, 11) is 0. The van der Waals surface area contributed by atoms with Crippen LogP contribution in [-0.2, 0) is 4.79 Å². The van der Waals surface area contributed by atoms with Crippen LogP contribution < -0.4 is 9.47 Å². The van der Waals surface area contributed by atoms with Crippen molar-refractivity contribution >= 4 is 11.8 Å². The van der Waals surface area contributed by atoms with Gasteiger partial charge in [0.05, 0.1) is 5.56 Å². The molecule has 0 N–H and O–H groups in total. The van der Waals surface area contributed by atoms with Crippen molar-refractivity contribution in [2.45, 2.75) is 0 Å². The van der Waals surface area contributed by atoms with Crippen LogP contribution in [0, 0.1) is 11.3 Å². The van der Waals surface area contributed by atoms with Crippen LogP contribution >= 0.6 is 0 Å². The van der Waals surface area contributed by atoms with Gasteiger partial charge in [-0.15, -0.1) is 0 Å². The van der Waals surface area contributed by atoms with E-state index in [1.807, 2.05) is 6.07 Å². The van der Waals surface area contributed by atoms with E-state index in [9.17, 15) is 4.79 Å². The summed E-state index contributed by atoms with van der Waals surface area (Å²) in [5.41, 5.74) is 0.702. The predicted octanol–water partition coefficient (Wildman–Crippen LogP) is 1.30. The highest BCUT2D eigenvalue weighted by atomic mass is 16.6. The summed E-state index contributed by atoms with van der Waals surface area (Å²) < 4.78 is 10.6. The Balaban J connectivity index is 2.63. The first kappa shape index (κ1) is 9.25. The molecule has 0 spiro atoms. The van der Waals surface area contributed by atoms with E-state index in [1.54, 1.807) is 0 Å². The quantitative estimate of drug-likeness (QED) is 0.508. The van der Waals surface area contributed by atoms with Crippen LogP contribution in [0.1, 0.15) is 5.56 Å². The minimum Gasteiger partial charge on any atom is -0.485 e. The number of isocyanates is 1. The van der Waals surface area contributed by atoms with Crippen LogP contribution in [0.15, 0.2) is 17.1 Å². The molecule has 74 valence electrons. The number of rotatable bonds is 1. The molecule has 1 aliphatic heterocycles. The first-order valence-electron chi connectivity index (χ1n) is 4.27. The van der Waals surface area contributed by atoms with E-state index in [2.05, 4.69) is 4.99 Å². The Bertz CT molecular complexity index is 484. The number of fused-ring (bicyclic) bond motifs is 1. The van der Waals surface area contributed by atoms with E-state index >= 15 is 0 Å². The zero-order valence-electron chi connectivity index (χ0n) is 7.69. The molecule has 0 fully saturated rings. The van der Waals surface area contributed by atoms with E-state index in [0.717, 1.165) is 0 Å². The molecule has 0 bridgehead atoms. The number of nitriles is 1. The number of carbonyl (C=O) groups excluding carboxylic acids is 1. The average Bonchev–Trinajstić information content (AvgIpc) is 2.30. The molecule has 2 rings (SSSR count). The van der Waals surface area contributed by atoms with Gasteiger partial charge < -0.3 is 9.47 Å². The van der Waals surface area contributed by atoms with Crippen LogP contribution in [0.2, 0.25) is 0 Å². The van der Waals surface area contributed by atoms with Gasteiger partial charge in [0.25, 0.3) is 0 Å². The number of aliphatic imine (C=N–C) groups is 1. The van der Waals surface area contributed by atoms with Crippen LogP contribution in [0.5, 0.6) is 11.5 Å². The molecule has 0 unspecified atom stereocenters. The summed E-state index contributed by atoms with van der Waals surface area (Å²) in [6.45, 7) is 0.763. The number of hydrogen-bond donors (Lipinski definition) is 0. The molecular weight excluding hydrogens is 196 g/mol. The minimum absolute atomic E-state index is 0.332. The van der Waals surface area contributed by atoms with Crippen molar-refractivity contribution in [3.63, 3.8) is 0 Å². The third kappa shape index (κ3) is 1.54. The van der Waals surface area contributed by atoms with Crippen molar-refractivity contribution in [1.82, 2.24) is 0 Å². The smallest absolute Gasteiger partial charge is 0.240 e. The van der Waals surface area contributed by atoms with Crippen LogP contribution in [0.25, 0.3) is 0 Å². The fourth-order valence-electron chi connectivity index (χ4n) is 1.35. The summed E-state index contributed by atoms with van der Waals surface area (Å²) in [6.07, 6.45) is 1.43. The van der Waals surface area contributed by atoms with Gasteiger partial charge in [0.15, 0.2) is 11.5 Å². The van der Waals surface area contributed by atoms with Crippen LogP contribution in [0.4, 0.5) is 5.69 Å². The Hall–Kier alpha value is -2.31. The number of benzene rings is 1. The maximum Gasteiger partial charge on any atom is 0.240 e. The zero-order chi connectivity index (χ0) is 10.7. The first-order chi connectivity index (χ1) is 7.36. The van der Waals surface area contributed by atoms with Gasteiger partial charge in [0.1, 0.15) is 25.0 Å². The van der Waals surface area contributed by atoms with E-state index in [0.29, 0.717) is 36.0 Å². The summed E-state index contributed by atoms with van der Waals surface area (Å²) in [5, 5.41) is 8.82. The number of ether oxygens (including phenoxy) is 2. The summed E-state index contributed by atoms with van der Waals surface area (Å²) in [4.78, 5) is 13.6. The summed E-state index contributed by atoms with van der Waals surface area (Å²) in [6, 6.07) is 5.04. The van der Waals surface area contributed by atoms with E-state index < -0.39 is 0 Å². The SMILES string of the molecule is N#Cc1ccc(N=C=O)c2c1OCCO2. The summed E-state index contributed by atoms with van der Waals surface area (Å²) in [5.74, 6) is 0.684. The minimum atomic E-state index is 0.332. The highest BCUT2D eigenvalue weighted by Gasteiger charge is 2.19. The maximum atomic E-state index is 10.2. The van der Waals surface area contributed by atoms with Crippen molar-refractivity contribution in [1.29, 1.82) is 5.26 Å². The fourth-order valence-corrected chi connectivity index (χ4v) is 1.35. The highest BCUT2D eigenvalue weighted by molar-refractivity contribution is 5.68. The van der Waals surface area contributed by atoms with Crippen molar-refractivity contribution in [2.75, 3.05) is 13.2 Å². The average molecular weight is 202 g/mol. The normalized spacial score (nSPS) is 12.5. The van der Waals surface area contributed by atoms with Gasteiger partial charge >= 0.3 is 0 Å². The highest BCUT2D eigenvalue weighted by Crippen LogP contribution is 2.41. The second-order valence-electron chi connectivity index (χ2n) is 2.80. The van der Waals surface area contributed by atoms with Gasteiger partial charge in [-0.2, -0.15) is 10.3 Å². The Morgan fingerprint density at radius 3 is 2.67 bits per heavy atom. The molecule has 0 aromatic heterocycles. The topological polar surface area (TPSA) is 71.7 Å². The van der Waals surface area contributed by atoms with Crippen molar-refractivity contribution in [3.05, 3.63) is 17.7 Å². The summed E-state index contributed by atoms with van der Waals surface area (Å²) >= 11 is 0. The molecule has 5 nitrogen and oxygen atoms in total. The molecule has 5 heteroatoms.